The molecule has 0 N–H and O–H groups in total. The maximum Gasteiger partial charge on any atom is 0.363 e. The van der Waals surface area contributed by atoms with Gasteiger partial charge in [0.2, 0.25) is 5.90 Å². The largest absolute Gasteiger partial charge is 0.487 e. The first-order valence-electron chi connectivity index (χ1n) is 9.36. The maximum absolute atomic E-state index is 14.0. The normalized spacial score (nSPS) is 14.5. The second-order valence-corrected chi connectivity index (χ2v) is 8.55. The second-order valence-electron chi connectivity index (χ2n) is 6.84. The summed E-state index contributed by atoms with van der Waals surface area (Å²) < 4.78 is 26.5. The average molecular weight is 545 g/mol. The Labute approximate surface area is 195 Å². The molecule has 1 heterocycles. The second kappa shape index (κ2) is 9.16. The number of aliphatic imine (C=N–C) groups is 1. The molecule has 4 rings (SSSR count). The Balaban J connectivity index is 1.58. The van der Waals surface area contributed by atoms with Crippen LogP contribution in [0.1, 0.15) is 22.3 Å². The van der Waals surface area contributed by atoms with E-state index in [0.29, 0.717) is 26.9 Å². The van der Waals surface area contributed by atoms with Crippen molar-refractivity contribution in [1.82, 2.24) is 0 Å². The van der Waals surface area contributed by atoms with E-state index in [2.05, 4.69) is 36.9 Å². The molecule has 31 heavy (non-hydrogen) atoms. The van der Waals surface area contributed by atoms with Gasteiger partial charge in [-0.15, -0.1) is 0 Å². The van der Waals surface area contributed by atoms with Crippen molar-refractivity contribution in [1.29, 1.82) is 0 Å². The molecule has 156 valence electrons. The predicted molar refractivity (Wildman–Crippen MR) is 124 cm³/mol. The zero-order valence-electron chi connectivity index (χ0n) is 16.4. The fourth-order valence-electron chi connectivity index (χ4n) is 3.04. The van der Waals surface area contributed by atoms with E-state index in [1.165, 1.54) is 12.1 Å². The van der Waals surface area contributed by atoms with Crippen molar-refractivity contribution in [3.05, 3.63) is 103 Å². The Bertz CT molecular complexity index is 1210. The van der Waals surface area contributed by atoms with Crippen LogP contribution in [0.15, 0.2) is 80.3 Å². The number of ether oxygens (including phenoxy) is 2. The van der Waals surface area contributed by atoms with E-state index in [9.17, 15) is 9.18 Å². The minimum absolute atomic E-state index is 0.0503. The van der Waals surface area contributed by atoms with Gasteiger partial charge in [0, 0.05) is 0 Å². The molecule has 1 aliphatic heterocycles. The van der Waals surface area contributed by atoms with Gasteiger partial charge in [0.15, 0.2) is 5.70 Å². The van der Waals surface area contributed by atoms with Gasteiger partial charge in [-0.3, -0.25) is 0 Å². The first-order chi connectivity index (χ1) is 14.9. The zero-order valence-corrected chi connectivity index (χ0v) is 19.5. The number of hydrogen-bond donors (Lipinski definition) is 0. The molecular formula is C24H16Br2FNO3. The quantitative estimate of drug-likeness (QED) is 0.269. The predicted octanol–water partition coefficient (Wildman–Crippen LogP) is 6.58. The van der Waals surface area contributed by atoms with Crippen molar-refractivity contribution in [2.75, 3.05) is 0 Å². The number of esters is 1. The fraction of sp³-hybridized carbons (Fsp3) is 0.0833. The summed E-state index contributed by atoms with van der Waals surface area (Å²) in [6, 6.07) is 17.7. The highest BCUT2D eigenvalue weighted by Gasteiger charge is 2.26. The van der Waals surface area contributed by atoms with Crippen LogP contribution in [0.5, 0.6) is 5.75 Å². The van der Waals surface area contributed by atoms with Crippen LogP contribution >= 0.6 is 31.9 Å². The highest BCUT2D eigenvalue weighted by Crippen LogP contribution is 2.36. The molecule has 0 saturated heterocycles. The zero-order chi connectivity index (χ0) is 22.0. The Morgan fingerprint density at radius 3 is 2.45 bits per heavy atom. The third-order valence-corrected chi connectivity index (χ3v) is 5.86. The lowest BCUT2D eigenvalue weighted by atomic mass is 10.1. The number of carbonyl (C=O) groups is 1. The molecule has 3 aromatic rings. The molecule has 0 fully saturated rings. The minimum Gasteiger partial charge on any atom is -0.487 e. The van der Waals surface area contributed by atoms with E-state index in [-0.39, 0.29) is 17.2 Å². The van der Waals surface area contributed by atoms with Gasteiger partial charge in [0.25, 0.3) is 0 Å². The Kier molecular flexibility index (Phi) is 6.34. The Hall–Kier alpha value is -2.77. The molecule has 0 aromatic heterocycles. The Morgan fingerprint density at radius 1 is 1.06 bits per heavy atom. The number of halogens is 3. The van der Waals surface area contributed by atoms with Gasteiger partial charge in [-0.1, -0.05) is 36.4 Å². The molecule has 0 amide bonds. The van der Waals surface area contributed by atoms with Crippen LogP contribution in [0.4, 0.5) is 4.39 Å². The Morgan fingerprint density at radius 2 is 1.74 bits per heavy atom. The number of nitrogens with zero attached hydrogens (tertiary/aromatic N) is 1. The van der Waals surface area contributed by atoms with Crippen molar-refractivity contribution in [3.8, 4) is 5.75 Å². The molecule has 7 heteroatoms. The highest BCUT2D eigenvalue weighted by atomic mass is 79.9. The van der Waals surface area contributed by atoms with E-state index >= 15 is 0 Å². The number of carbonyl (C=O) groups excluding carboxylic acids is 1. The van der Waals surface area contributed by atoms with Gasteiger partial charge >= 0.3 is 5.97 Å². The van der Waals surface area contributed by atoms with E-state index in [1.54, 1.807) is 18.2 Å². The van der Waals surface area contributed by atoms with E-state index < -0.39 is 11.8 Å². The number of rotatable bonds is 5. The molecule has 1 aliphatic rings. The van der Waals surface area contributed by atoms with Crippen LogP contribution in [0.2, 0.25) is 0 Å². The summed E-state index contributed by atoms with van der Waals surface area (Å²) in [5.74, 6) is -0.540. The summed E-state index contributed by atoms with van der Waals surface area (Å²) in [6.45, 7) is 2.46. The lowest BCUT2D eigenvalue weighted by Crippen LogP contribution is -2.07. The molecule has 0 bridgehead atoms. The standard InChI is InChI=1S/C24H16Br2FNO3/c1-14-6-2-3-7-16(14)13-30-22-18(25)10-15(11-19(22)26)12-21-24(29)31-23(28-21)17-8-4-5-9-20(17)27/h2-12H,13H2,1H3/b21-12-. The molecule has 4 nitrogen and oxygen atoms in total. The monoisotopic (exact) mass is 543 g/mol. The summed E-state index contributed by atoms with van der Waals surface area (Å²) >= 11 is 7.05. The molecule has 0 aliphatic carbocycles. The molecule has 3 aromatic carbocycles. The van der Waals surface area contributed by atoms with Crippen molar-refractivity contribution in [2.24, 2.45) is 4.99 Å². The van der Waals surface area contributed by atoms with Gasteiger partial charge in [0.1, 0.15) is 18.2 Å². The van der Waals surface area contributed by atoms with E-state index in [4.69, 9.17) is 9.47 Å². The van der Waals surface area contributed by atoms with E-state index in [1.807, 2.05) is 43.3 Å². The van der Waals surface area contributed by atoms with Gasteiger partial charge in [0.05, 0.1) is 14.5 Å². The molecule has 0 saturated carbocycles. The lowest BCUT2D eigenvalue weighted by molar-refractivity contribution is -0.129. The van der Waals surface area contributed by atoms with Gasteiger partial charge in [-0.05, 0) is 85.8 Å². The SMILES string of the molecule is Cc1ccccc1COc1c(Br)cc(/C=C2\N=C(c3ccccc3F)OC2=O)cc1Br. The number of aryl methyl sites for hydroxylation is 1. The smallest absolute Gasteiger partial charge is 0.363 e. The number of hydrogen-bond acceptors (Lipinski definition) is 4. The van der Waals surface area contributed by atoms with Crippen molar-refractivity contribution < 1.29 is 18.7 Å². The van der Waals surface area contributed by atoms with Crippen LogP contribution in [0.3, 0.4) is 0 Å². The number of benzene rings is 3. The summed E-state index contributed by atoms with van der Waals surface area (Å²) in [5.41, 5.74) is 3.18. The van der Waals surface area contributed by atoms with E-state index in [0.717, 1.165) is 11.1 Å². The fourth-order valence-corrected chi connectivity index (χ4v) is 4.49. The van der Waals surface area contributed by atoms with Gasteiger partial charge in [-0.2, -0.15) is 0 Å². The first-order valence-corrected chi connectivity index (χ1v) is 10.9. The van der Waals surface area contributed by atoms with Crippen molar-refractivity contribution >= 4 is 49.8 Å². The summed E-state index contributed by atoms with van der Waals surface area (Å²) in [4.78, 5) is 16.4. The topological polar surface area (TPSA) is 47.9 Å². The molecule has 0 unspecified atom stereocenters. The highest BCUT2D eigenvalue weighted by molar-refractivity contribution is 9.11. The molecule has 0 atom stereocenters. The maximum atomic E-state index is 14.0. The first kappa shape index (κ1) is 21.5. The summed E-state index contributed by atoms with van der Waals surface area (Å²) in [5, 5.41) is 0. The number of cyclic esters (lactones) is 1. The molecular weight excluding hydrogens is 529 g/mol. The minimum atomic E-state index is -0.634. The third-order valence-electron chi connectivity index (χ3n) is 4.68. The summed E-state index contributed by atoms with van der Waals surface area (Å²) in [6.07, 6.45) is 1.58. The third kappa shape index (κ3) is 4.78. The van der Waals surface area contributed by atoms with Gasteiger partial charge < -0.3 is 9.47 Å². The average Bonchev–Trinajstić information content (AvgIpc) is 3.09. The van der Waals surface area contributed by atoms with Gasteiger partial charge in [-0.25, -0.2) is 14.2 Å². The van der Waals surface area contributed by atoms with Crippen LogP contribution < -0.4 is 4.74 Å². The van der Waals surface area contributed by atoms with Crippen LogP contribution in [-0.4, -0.2) is 11.9 Å². The van der Waals surface area contributed by atoms with Crippen LogP contribution in [0, 0.1) is 12.7 Å². The van der Waals surface area contributed by atoms with Crippen molar-refractivity contribution in [2.45, 2.75) is 13.5 Å². The van der Waals surface area contributed by atoms with Crippen LogP contribution in [-0.2, 0) is 16.1 Å². The molecule has 0 spiro atoms. The summed E-state index contributed by atoms with van der Waals surface area (Å²) in [7, 11) is 0. The van der Waals surface area contributed by atoms with Crippen LogP contribution in [0.25, 0.3) is 6.08 Å². The molecule has 0 radical (unpaired) electrons. The lowest BCUT2D eigenvalue weighted by Gasteiger charge is -2.12. The van der Waals surface area contributed by atoms with Crippen molar-refractivity contribution in [3.63, 3.8) is 0 Å².